The van der Waals surface area contributed by atoms with Gasteiger partial charge in [0.1, 0.15) is 5.82 Å². The fourth-order valence-electron chi connectivity index (χ4n) is 2.09. The maximum Gasteiger partial charge on any atom is 0.305 e. The van der Waals surface area contributed by atoms with Crippen LogP contribution in [-0.2, 0) is 4.79 Å². The zero-order valence-electron chi connectivity index (χ0n) is 10.5. The largest absolute Gasteiger partial charge is 0.481 e. The fraction of sp³-hybridized carbons (Fsp3) is 0.385. The van der Waals surface area contributed by atoms with Gasteiger partial charge in [0.2, 0.25) is 0 Å². The van der Waals surface area contributed by atoms with E-state index >= 15 is 0 Å². The maximum absolute atomic E-state index is 13.5. The molecule has 0 bridgehead atoms. The maximum atomic E-state index is 13.5. The minimum atomic E-state index is -0.933. The minimum absolute atomic E-state index is 0.0856. The van der Waals surface area contributed by atoms with Gasteiger partial charge in [0.05, 0.1) is 16.9 Å². The van der Waals surface area contributed by atoms with E-state index in [0.717, 1.165) is 5.75 Å². The van der Waals surface area contributed by atoms with E-state index in [1.807, 2.05) is 0 Å². The number of carboxylic acids is 1. The van der Waals surface area contributed by atoms with E-state index in [1.165, 1.54) is 23.1 Å². The summed E-state index contributed by atoms with van der Waals surface area (Å²) in [6, 6.07) is 3.85. The van der Waals surface area contributed by atoms with Gasteiger partial charge in [-0.05, 0) is 34.1 Å². The SMILES string of the molecule is O=C(O)CC1CSCCN1C(=O)c1ccc(Br)c(F)c1. The van der Waals surface area contributed by atoms with Crippen molar-refractivity contribution in [2.75, 3.05) is 18.1 Å². The fourth-order valence-corrected chi connectivity index (χ4v) is 3.40. The van der Waals surface area contributed by atoms with E-state index in [1.54, 1.807) is 11.8 Å². The molecule has 108 valence electrons. The number of carbonyl (C=O) groups is 2. The van der Waals surface area contributed by atoms with Crippen molar-refractivity contribution in [3.8, 4) is 0 Å². The van der Waals surface area contributed by atoms with Gasteiger partial charge >= 0.3 is 5.97 Å². The molecular weight excluding hydrogens is 349 g/mol. The van der Waals surface area contributed by atoms with Gasteiger partial charge in [0, 0.05) is 23.6 Å². The normalized spacial score (nSPS) is 18.9. The molecule has 20 heavy (non-hydrogen) atoms. The number of hydrogen-bond acceptors (Lipinski definition) is 3. The number of nitrogens with zero attached hydrogens (tertiary/aromatic N) is 1. The Labute approximate surface area is 128 Å². The monoisotopic (exact) mass is 361 g/mol. The van der Waals surface area contributed by atoms with Crippen molar-refractivity contribution in [2.45, 2.75) is 12.5 Å². The summed E-state index contributed by atoms with van der Waals surface area (Å²) in [5, 5.41) is 8.90. The first-order chi connectivity index (χ1) is 9.49. The molecule has 1 saturated heterocycles. The van der Waals surface area contributed by atoms with Crippen molar-refractivity contribution in [3.05, 3.63) is 34.1 Å². The molecule has 1 aromatic rings. The quantitative estimate of drug-likeness (QED) is 0.898. The second kappa shape index (κ2) is 6.58. The number of rotatable bonds is 3. The smallest absolute Gasteiger partial charge is 0.305 e. The number of hydrogen-bond donors (Lipinski definition) is 1. The highest BCUT2D eigenvalue weighted by atomic mass is 79.9. The topological polar surface area (TPSA) is 57.6 Å². The summed E-state index contributed by atoms with van der Waals surface area (Å²) in [4.78, 5) is 24.8. The van der Waals surface area contributed by atoms with Gasteiger partial charge in [-0.15, -0.1) is 0 Å². The molecule has 1 amide bonds. The summed E-state index contributed by atoms with van der Waals surface area (Å²) in [5.41, 5.74) is 0.244. The summed E-state index contributed by atoms with van der Waals surface area (Å²) in [5.74, 6) is -0.393. The van der Waals surface area contributed by atoms with Crippen molar-refractivity contribution in [1.29, 1.82) is 0 Å². The number of amides is 1. The Kier molecular flexibility index (Phi) is 5.04. The number of halogens is 2. The number of carboxylic acid groups (broad SMARTS) is 1. The molecular formula is C13H13BrFNO3S. The van der Waals surface area contributed by atoms with Crippen LogP contribution >= 0.6 is 27.7 Å². The Hall–Kier alpha value is -1.08. The molecule has 0 spiro atoms. The van der Waals surface area contributed by atoms with Gasteiger partial charge in [0.15, 0.2) is 0 Å². The Morgan fingerprint density at radius 1 is 1.50 bits per heavy atom. The highest BCUT2D eigenvalue weighted by Gasteiger charge is 2.29. The van der Waals surface area contributed by atoms with Crippen LogP contribution in [0.15, 0.2) is 22.7 Å². The summed E-state index contributed by atoms with van der Waals surface area (Å²) in [7, 11) is 0. The third-order valence-corrected chi connectivity index (χ3v) is 4.80. The van der Waals surface area contributed by atoms with Gasteiger partial charge in [-0.3, -0.25) is 9.59 Å². The van der Waals surface area contributed by atoms with E-state index in [2.05, 4.69) is 15.9 Å². The van der Waals surface area contributed by atoms with Gasteiger partial charge < -0.3 is 10.0 Å². The first-order valence-corrected chi connectivity index (χ1v) is 7.99. The molecule has 1 aromatic carbocycles. The van der Waals surface area contributed by atoms with Crippen LogP contribution in [0.25, 0.3) is 0 Å². The van der Waals surface area contributed by atoms with Crippen molar-refractivity contribution < 1.29 is 19.1 Å². The van der Waals surface area contributed by atoms with Crippen LogP contribution in [0.2, 0.25) is 0 Å². The molecule has 0 aliphatic carbocycles. The highest BCUT2D eigenvalue weighted by molar-refractivity contribution is 9.10. The van der Waals surface area contributed by atoms with Crippen LogP contribution in [0, 0.1) is 5.82 Å². The summed E-state index contributed by atoms with van der Waals surface area (Å²) in [6.07, 6.45) is -0.0856. The lowest BCUT2D eigenvalue weighted by Crippen LogP contribution is -2.47. The van der Waals surface area contributed by atoms with Gasteiger partial charge in [-0.25, -0.2) is 4.39 Å². The minimum Gasteiger partial charge on any atom is -0.481 e. The molecule has 0 saturated carbocycles. The van der Waals surface area contributed by atoms with Crippen molar-refractivity contribution in [2.24, 2.45) is 0 Å². The molecule has 1 unspecified atom stereocenters. The Morgan fingerprint density at radius 2 is 2.25 bits per heavy atom. The molecule has 1 aliphatic heterocycles. The van der Waals surface area contributed by atoms with Gasteiger partial charge in [-0.2, -0.15) is 11.8 Å². The van der Waals surface area contributed by atoms with E-state index in [4.69, 9.17) is 5.11 Å². The lowest BCUT2D eigenvalue weighted by molar-refractivity contribution is -0.138. The Balaban J connectivity index is 2.20. The number of benzene rings is 1. The molecule has 1 fully saturated rings. The Bertz CT molecular complexity index is 540. The average molecular weight is 362 g/mol. The van der Waals surface area contributed by atoms with Crippen LogP contribution in [0.3, 0.4) is 0 Å². The van der Waals surface area contributed by atoms with Crippen molar-refractivity contribution in [1.82, 2.24) is 4.90 Å². The number of thioether (sulfide) groups is 1. The van der Waals surface area contributed by atoms with Gasteiger partial charge in [-0.1, -0.05) is 0 Å². The average Bonchev–Trinajstić information content (AvgIpc) is 2.41. The van der Waals surface area contributed by atoms with Crippen LogP contribution in [-0.4, -0.2) is 46.0 Å². The predicted molar refractivity (Wildman–Crippen MR) is 78.5 cm³/mol. The second-order valence-corrected chi connectivity index (χ2v) is 6.46. The first kappa shape index (κ1) is 15.3. The third-order valence-electron chi connectivity index (χ3n) is 3.07. The van der Waals surface area contributed by atoms with Gasteiger partial charge in [0.25, 0.3) is 5.91 Å². The number of aliphatic carboxylic acids is 1. The first-order valence-electron chi connectivity index (χ1n) is 6.04. The molecule has 4 nitrogen and oxygen atoms in total. The summed E-state index contributed by atoms with van der Waals surface area (Å²) >= 11 is 4.67. The van der Waals surface area contributed by atoms with Crippen LogP contribution < -0.4 is 0 Å². The van der Waals surface area contributed by atoms with Crippen LogP contribution in [0.5, 0.6) is 0 Å². The second-order valence-electron chi connectivity index (χ2n) is 4.45. The molecule has 1 aliphatic rings. The molecule has 0 radical (unpaired) electrons. The van der Waals surface area contributed by atoms with E-state index in [9.17, 15) is 14.0 Å². The van der Waals surface area contributed by atoms with Crippen molar-refractivity contribution >= 4 is 39.6 Å². The molecule has 1 heterocycles. The highest BCUT2D eigenvalue weighted by Crippen LogP contribution is 2.23. The molecule has 2 rings (SSSR count). The van der Waals surface area contributed by atoms with E-state index in [0.29, 0.717) is 16.8 Å². The van der Waals surface area contributed by atoms with E-state index in [-0.39, 0.29) is 23.9 Å². The van der Waals surface area contributed by atoms with Crippen LogP contribution in [0.1, 0.15) is 16.8 Å². The summed E-state index contributed by atoms with van der Waals surface area (Å²) in [6.45, 7) is 0.485. The lowest BCUT2D eigenvalue weighted by atomic mass is 10.1. The standard InChI is InChI=1S/C13H13BrFNO3S/c14-10-2-1-8(5-11(10)15)13(19)16-3-4-20-7-9(16)6-12(17)18/h1-2,5,9H,3-4,6-7H2,(H,17,18). The molecule has 1 atom stereocenters. The van der Waals surface area contributed by atoms with Crippen LogP contribution in [0.4, 0.5) is 4.39 Å². The molecule has 0 aromatic heterocycles. The third kappa shape index (κ3) is 3.52. The summed E-state index contributed by atoms with van der Waals surface area (Å²) < 4.78 is 13.8. The van der Waals surface area contributed by atoms with Crippen molar-refractivity contribution in [3.63, 3.8) is 0 Å². The number of carbonyl (C=O) groups excluding carboxylic acids is 1. The van der Waals surface area contributed by atoms with E-state index < -0.39 is 11.8 Å². The predicted octanol–water partition coefficient (Wildman–Crippen LogP) is 2.62. The molecule has 7 heteroatoms. The zero-order chi connectivity index (χ0) is 14.7. The zero-order valence-corrected chi connectivity index (χ0v) is 12.9. The Morgan fingerprint density at radius 3 is 2.90 bits per heavy atom. The molecule has 1 N–H and O–H groups in total. The lowest BCUT2D eigenvalue weighted by Gasteiger charge is -2.34.